The number of halogens is 1. The average molecular weight is 185 g/mol. The van der Waals surface area contributed by atoms with E-state index in [2.05, 4.69) is 0 Å². The molecule has 56 valence electrons. The van der Waals surface area contributed by atoms with E-state index in [0.29, 0.717) is 5.02 Å². The Morgan fingerprint density at radius 2 is 1.91 bits per heavy atom. The largest absolute Gasteiger partial charge is 0.270 e. The van der Waals surface area contributed by atoms with Crippen LogP contribution in [0.5, 0.6) is 0 Å². The van der Waals surface area contributed by atoms with Crippen molar-refractivity contribution in [3.8, 4) is 0 Å². The zero-order valence-corrected chi connectivity index (χ0v) is 7.35. The second-order valence-electron chi connectivity index (χ2n) is 1.97. The van der Waals surface area contributed by atoms with Crippen molar-refractivity contribution < 1.29 is 4.57 Å². The summed E-state index contributed by atoms with van der Waals surface area (Å²) in [5.41, 5.74) is 0.998. The van der Waals surface area contributed by atoms with Gasteiger partial charge in [0.1, 0.15) is 0 Å². The molecule has 0 N–H and O–H groups in total. The van der Waals surface area contributed by atoms with Gasteiger partial charge in [0.25, 0.3) is 0 Å². The molecule has 0 saturated heterocycles. The number of rotatable bonds is 2. The van der Waals surface area contributed by atoms with Crippen molar-refractivity contribution in [2.75, 3.05) is 0 Å². The highest BCUT2D eigenvalue weighted by molar-refractivity contribution is 7.28. The zero-order valence-electron chi connectivity index (χ0n) is 5.70. The topological polar surface area (TPSA) is 17.1 Å². The van der Waals surface area contributed by atoms with Crippen molar-refractivity contribution in [3.05, 3.63) is 40.7 Å². The van der Waals surface area contributed by atoms with Gasteiger partial charge in [0.15, 0.2) is 8.46 Å². The molecule has 3 heteroatoms. The van der Waals surface area contributed by atoms with Crippen molar-refractivity contribution in [1.82, 2.24) is 0 Å². The highest BCUT2D eigenvalue weighted by atomic mass is 35.5. The van der Waals surface area contributed by atoms with Gasteiger partial charge in [-0.1, -0.05) is 23.7 Å². The Kier molecular flexibility index (Phi) is 3.28. The molecule has 0 radical (unpaired) electrons. The molecule has 0 heterocycles. The molecule has 0 amide bonds. The van der Waals surface area contributed by atoms with Crippen LogP contribution in [0.25, 0.3) is 6.08 Å². The van der Waals surface area contributed by atoms with Crippen LogP contribution in [-0.2, 0) is 4.57 Å². The molecule has 0 aliphatic carbocycles. The SMILES string of the molecule is O=PC=Cc1ccc(Cl)cc1. The average Bonchev–Trinajstić information content (AvgIpc) is 2.04. The first-order valence-electron chi connectivity index (χ1n) is 3.07. The second-order valence-corrected chi connectivity index (χ2v) is 2.92. The van der Waals surface area contributed by atoms with E-state index in [4.69, 9.17) is 11.6 Å². The molecule has 1 nitrogen and oxygen atoms in total. The molecule has 11 heavy (non-hydrogen) atoms. The quantitative estimate of drug-likeness (QED) is 0.642. The van der Waals surface area contributed by atoms with Crippen LogP contribution in [-0.4, -0.2) is 0 Å². The van der Waals surface area contributed by atoms with Crippen molar-refractivity contribution in [2.45, 2.75) is 0 Å². The third-order valence-corrected chi connectivity index (χ3v) is 1.72. The van der Waals surface area contributed by atoms with Gasteiger partial charge in [-0.25, -0.2) is 0 Å². The molecule has 0 spiro atoms. The summed E-state index contributed by atoms with van der Waals surface area (Å²) in [6, 6.07) is 7.32. The van der Waals surface area contributed by atoms with E-state index in [1.165, 1.54) is 0 Å². The van der Waals surface area contributed by atoms with Gasteiger partial charge in [-0.15, -0.1) is 0 Å². The van der Waals surface area contributed by atoms with Crippen molar-refractivity contribution in [2.24, 2.45) is 0 Å². The van der Waals surface area contributed by atoms with Crippen LogP contribution in [0.2, 0.25) is 5.02 Å². The van der Waals surface area contributed by atoms with Crippen LogP contribution in [0.4, 0.5) is 0 Å². The lowest BCUT2D eigenvalue weighted by atomic mass is 10.2. The maximum absolute atomic E-state index is 10.0. The minimum atomic E-state index is 0.0271. The number of benzene rings is 1. The maximum Gasteiger partial charge on any atom is 0.184 e. The first-order valence-corrected chi connectivity index (χ1v) is 4.33. The van der Waals surface area contributed by atoms with E-state index in [0.717, 1.165) is 5.56 Å². The summed E-state index contributed by atoms with van der Waals surface area (Å²) in [7, 11) is 0.0271. The van der Waals surface area contributed by atoms with Gasteiger partial charge < -0.3 is 0 Å². The molecule has 0 aliphatic heterocycles. The van der Waals surface area contributed by atoms with E-state index in [1.807, 2.05) is 12.1 Å². The molecule has 0 fully saturated rings. The molecule has 0 aliphatic rings. The Labute approximate surface area is 71.9 Å². The first-order chi connectivity index (χ1) is 5.33. The van der Waals surface area contributed by atoms with E-state index in [-0.39, 0.29) is 8.46 Å². The summed E-state index contributed by atoms with van der Waals surface area (Å²) in [6.45, 7) is 0. The van der Waals surface area contributed by atoms with Crippen molar-refractivity contribution in [1.29, 1.82) is 0 Å². The minimum absolute atomic E-state index is 0.0271. The summed E-state index contributed by atoms with van der Waals surface area (Å²) in [4.78, 5) is 0. The first kappa shape index (κ1) is 8.45. The molecular weight excluding hydrogens is 179 g/mol. The lowest BCUT2D eigenvalue weighted by Crippen LogP contribution is -1.68. The molecule has 0 saturated carbocycles. The fourth-order valence-corrected chi connectivity index (χ4v) is 1.05. The normalized spacial score (nSPS) is 11.0. The fraction of sp³-hybridized carbons (Fsp3) is 0. The second kappa shape index (κ2) is 4.27. The molecule has 0 atom stereocenters. The van der Waals surface area contributed by atoms with Gasteiger partial charge >= 0.3 is 0 Å². The Morgan fingerprint density at radius 1 is 1.27 bits per heavy atom. The minimum Gasteiger partial charge on any atom is -0.270 e. The molecule has 0 aromatic heterocycles. The highest BCUT2D eigenvalue weighted by Gasteiger charge is 1.85. The van der Waals surface area contributed by atoms with Crippen molar-refractivity contribution in [3.63, 3.8) is 0 Å². The fourth-order valence-electron chi connectivity index (χ4n) is 0.690. The Hall–Kier alpha value is -0.650. The van der Waals surface area contributed by atoms with Gasteiger partial charge in [0, 0.05) is 10.8 Å². The standard InChI is InChI=1S/C8H6ClOP/c9-8-3-1-7(2-4-8)5-6-11-10/h1-6H. The molecule has 1 aromatic carbocycles. The van der Waals surface area contributed by atoms with E-state index in [9.17, 15) is 4.57 Å². The van der Waals surface area contributed by atoms with Gasteiger partial charge in [-0.3, -0.25) is 4.57 Å². The number of hydrogen-bond donors (Lipinski definition) is 0. The number of hydrogen-bond acceptors (Lipinski definition) is 1. The van der Waals surface area contributed by atoms with Gasteiger partial charge in [-0.2, -0.15) is 0 Å². The van der Waals surface area contributed by atoms with Crippen LogP contribution >= 0.6 is 20.1 Å². The molecular formula is C8H6ClOP. The Balaban J connectivity index is 2.81. The highest BCUT2D eigenvalue weighted by Crippen LogP contribution is 2.11. The van der Waals surface area contributed by atoms with Gasteiger partial charge in [0.05, 0.1) is 0 Å². The summed E-state index contributed by atoms with van der Waals surface area (Å²) in [5.74, 6) is 1.54. The van der Waals surface area contributed by atoms with Crippen LogP contribution in [0, 0.1) is 0 Å². The maximum atomic E-state index is 10.0. The monoisotopic (exact) mass is 184 g/mol. The zero-order chi connectivity index (χ0) is 8.10. The van der Waals surface area contributed by atoms with Gasteiger partial charge in [-0.05, 0) is 23.8 Å². The smallest absolute Gasteiger partial charge is 0.184 e. The summed E-state index contributed by atoms with van der Waals surface area (Å²) in [5, 5.41) is 0.710. The summed E-state index contributed by atoms with van der Waals surface area (Å²) >= 11 is 5.66. The molecule has 1 rings (SSSR count). The lowest BCUT2D eigenvalue weighted by molar-refractivity contribution is 0.603. The summed E-state index contributed by atoms with van der Waals surface area (Å²) in [6.07, 6.45) is 1.77. The molecule has 0 unspecified atom stereocenters. The van der Waals surface area contributed by atoms with Gasteiger partial charge in [0.2, 0.25) is 0 Å². The summed E-state index contributed by atoms with van der Waals surface area (Å²) < 4.78 is 10.0. The van der Waals surface area contributed by atoms with E-state index >= 15 is 0 Å². The predicted molar refractivity (Wildman–Crippen MR) is 48.1 cm³/mol. The predicted octanol–water partition coefficient (Wildman–Crippen LogP) is 3.60. The molecule has 0 bridgehead atoms. The van der Waals surface area contributed by atoms with Crippen LogP contribution < -0.4 is 0 Å². The third-order valence-electron chi connectivity index (χ3n) is 1.20. The van der Waals surface area contributed by atoms with Crippen LogP contribution in [0.1, 0.15) is 5.56 Å². The third kappa shape index (κ3) is 2.83. The lowest BCUT2D eigenvalue weighted by Gasteiger charge is -1.90. The Bertz CT molecular complexity index is 266. The van der Waals surface area contributed by atoms with E-state index in [1.54, 1.807) is 24.0 Å². The van der Waals surface area contributed by atoms with E-state index < -0.39 is 0 Å². The Morgan fingerprint density at radius 3 is 2.45 bits per heavy atom. The molecule has 1 aromatic rings. The van der Waals surface area contributed by atoms with Crippen molar-refractivity contribution >= 4 is 26.1 Å². The van der Waals surface area contributed by atoms with Crippen LogP contribution in [0.15, 0.2) is 30.1 Å². The van der Waals surface area contributed by atoms with Crippen LogP contribution in [0.3, 0.4) is 0 Å².